The average Bonchev–Trinajstić information content (AvgIpc) is 2.67. The van der Waals surface area contributed by atoms with Crippen molar-refractivity contribution in [2.24, 2.45) is 4.99 Å². The van der Waals surface area contributed by atoms with Gasteiger partial charge in [-0.2, -0.15) is 5.26 Å². The van der Waals surface area contributed by atoms with Gasteiger partial charge in [0, 0.05) is 23.7 Å². The van der Waals surface area contributed by atoms with E-state index in [1.54, 1.807) is 12.4 Å². The third-order valence-electron chi connectivity index (χ3n) is 2.11. The van der Waals surface area contributed by atoms with Crippen LogP contribution in [0, 0.1) is 11.3 Å². The average molecular weight is 171 g/mol. The molecular weight excluding hydrogens is 162 g/mol. The summed E-state index contributed by atoms with van der Waals surface area (Å²) in [6, 6.07) is 5.88. The molecule has 0 saturated carbocycles. The third kappa shape index (κ3) is 1.57. The Labute approximate surface area is 76.8 Å². The summed E-state index contributed by atoms with van der Waals surface area (Å²) in [4.78, 5) is 8.31. The summed E-state index contributed by atoms with van der Waals surface area (Å²) < 4.78 is 0. The van der Waals surface area contributed by atoms with Crippen molar-refractivity contribution in [1.82, 2.24) is 4.98 Å². The quantitative estimate of drug-likeness (QED) is 0.643. The van der Waals surface area contributed by atoms with E-state index in [4.69, 9.17) is 5.26 Å². The standard InChI is InChI=1S/C10H9N3/c11-6-9-3-4-10(13-9)8-2-1-5-12-7-8/h1-2,5,7,9H,3-4H2. The van der Waals surface area contributed by atoms with Gasteiger partial charge in [0.05, 0.1) is 6.07 Å². The summed E-state index contributed by atoms with van der Waals surface area (Å²) in [7, 11) is 0. The van der Waals surface area contributed by atoms with Crippen LogP contribution >= 0.6 is 0 Å². The van der Waals surface area contributed by atoms with E-state index in [2.05, 4.69) is 16.0 Å². The van der Waals surface area contributed by atoms with E-state index in [-0.39, 0.29) is 6.04 Å². The van der Waals surface area contributed by atoms with Crippen molar-refractivity contribution < 1.29 is 0 Å². The van der Waals surface area contributed by atoms with Crippen LogP contribution in [0.15, 0.2) is 29.5 Å². The van der Waals surface area contributed by atoms with E-state index in [0.717, 1.165) is 24.1 Å². The number of nitriles is 1. The molecule has 1 aromatic rings. The molecule has 0 radical (unpaired) electrons. The SMILES string of the molecule is N#CC1CCC(c2cccnc2)=N1. The number of nitrogens with zero attached hydrogens (tertiary/aromatic N) is 3. The van der Waals surface area contributed by atoms with Crippen LogP contribution in [0.4, 0.5) is 0 Å². The molecule has 0 spiro atoms. The predicted molar refractivity (Wildman–Crippen MR) is 49.4 cm³/mol. The zero-order valence-electron chi connectivity index (χ0n) is 7.14. The highest BCUT2D eigenvalue weighted by atomic mass is 14.8. The summed E-state index contributed by atoms with van der Waals surface area (Å²) in [6.07, 6.45) is 5.27. The van der Waals surface area contributed by atoms with Gasteiger partial charge in [-0.25, -0.2) is 0 Å². The summed E-state index contributed by atoms with van der Waals surface area (Å²) in [6.45, 7) is 0. The van der Waals surface area contributed by atoms with Crippen molar-refractivity contribution in [2.75, 3.05) is 0 Å². The highest BCUT2D eigenvalue weighted by Crippen LogP contribution is 2.17. The molecular formula is C10H9N3. The number of pyridine rings is 1. The van der Waals surface area contributed by atoms with Crippen molar-refractivity contribution in [3.63, 3.8) is 0 Å². The minimum atomic E-state index is -0.143. The van der Waals surface area contributed by atoms with Gasteiger partial charge >= 0.3 is 0 Å². The fraction of sp³-hybridized carbons (Fsp3) is 0.300. The molecule has 1 unspecified atom stereocenters. The molecule has 0 fully saturated rings. The van der Waals surface area contributed by atoms with Gasteiger partial charge in [-0.15, -0.1) is 0 Å². The minimum Gasteiger partial charge on any atom is -0.271 e. The number of hydrogen-bond donors (Lipinski definition) is 0. The molecule has 64 valence electrons. The first-order valence-electron chi connectivity index (χ1n) is 4.27. The Morgan fingerprint density at radius 3 is 3.08 bits per heavy atom. The maximum Gasteiger partial charge on any atom is 0.137 e. The Kier molecular flexibility index (Phi) is 2.05. The Morgan fingerprint density at radius 1 is 1.54 bits per heavy atom. The highest BCUT2D eigenvalue weighted by Gasteiger charge is 2.17. The van der Waals surface area contributed by atoms with E-state index < -0.39 is 0 Å². The van der Waals surface area contributed by atoms with Crippen LogP contribution in [0.1, 0.15) is 18.4 Å². The Balaban J connectivity index is 2.26. The van der Waals surface area contributed by atoms with Crippen molar-refractivity contribution in [3.05, 3.63) is 30.1 Å². The fourth-order valence-corrected chi connectivity index (χ4v) is 1.44. The van der Waals surface area contributed by atoms with Gasteiger partial charge < -0.3 is 0 Å². The third-order valence-corrected chi connectivity index (χ3v) is 2.11. The van der Waals surface area contributed by atoms with Crippen molar-refractivity contribution in [2.45, 2.75) is 18.9 Å². The minimum absolute atomic E-state index is 0.143. The topological polar surface area (TPSA) is 49.0 Å². The summed E-state index contributed by atoms with van der Waals surface area (Å²) in [5.41, 5.74) is 2.06. The van der Waals surface area contributed by atoms with Gasteiger partial charge in [0.2, 0.25) is 0 Å². The van der Waals surface area contributed by atoms with Crippen LogP contribution in [0.3, 0.4) is 0 Å². The van der Waals surface area contributed by atoms with Crippen molar-refractivity contribution in [1.29, 1.82) is 5.26 Å². The van der Waals surface area contributed by atoms with Crippen LogP contribution < -0.4 is 0 Å². The van der Waals surface area contributed by atoms with E-state index in [1.807, 2.05) is 12.1 Å². The van der Waals surface area contributed by atoms with Crippen LogP contribution in [-0.2, 0) is 0 Å². The van der Waals surface area contributed by atoms with Gasteiger partial charge in [-0.1, -0.05) is 6.07 Å². The van der Waals surface area contributed by atoms with E-state index >= 15 is 0 Å². The van der Waals surface area contributed by atoms with Gasteiger partial charge in [0.15, 0.2) is 0 Å². The molecule has 3 heteroatoms. The second-order valence-corrected chi connectivity index (χ2v) is 3.00. The number of aliphatic imine (C=N–C) groups is 1. The van der Waals surface area contributed by atoms with Gasteiger partial charge in [-0.3, -0.25) is 9.98 Å². The normalized spacial score (nSPS) is 20.8. The first-order valence-corrected chi connectivity index (χ1v) is 4.27. The molecule has 0 bridgehead atoms. The lowest BCUT2D eigenvalue weighted by atomic mass is 10.1. The van der Waals surface area contributed by atoms with Crippen LogP contribution in [0.25, 0.3) is 0 Å². The first-order chi connectivity index (χ1) is 6.40. The van der Waals surface area contributed by atoms with Crippen LogP contribution in [-0.4, -0.2) is 16.7 Å². The maximum absolute atomic E-state index is 8.66. The van der Waals surface area contributed by atoms with Gasteiger partial charge in [-0.05, 0) is 18.9 Å². The summed E-state index contributed by atoms with van der Waals surface area (Å²) in [5.74, 6) is 0. The number of hydrogen-bond acceptors (Lipinski definition) is 3. The number of aromatic nitrogens is 1. The Morgan fingerprint density at radius 2 is 2.46 bits per heavy atom. The van der Waals surface area contributed by atoms with Crippen LogP contribution in [0.5, 0.6) is 0 Å². The summed E-state index contributed by atoms with van der Waals surface area (Å²) >= 11 is 0. The molecule has 2 heterocycles. The van der Waals surface area contributed by atoms with Crippen molar-refractivity contribution >= 4 is 5.71 Å². The number of rotatable bonds is 1. The lowest BCUT2D eigenvalue weighted by Gasteiger charge is -1.96. The zero-order valence-corrected chi connectivity index (χ0v) is 7.14. The zero-order chi connectivity index (χ0) is 9.10. The molecule has 1 atom stereocenters. The Bertz CT molecular complexity index is 362. The molecule has 1 aliphatic rings. The molecule has 1 aliphatic heterocycles. The molecule has 13 heavy (non-hydrogen) atoms. The molecule has 1 aromatic heterocycles. The van der Waals surface area contributed by atoms with Gasteiger partial charge in [0.25, 0.3) is 0 Å². The predicted octanol–water partition coefficient (Wildman–Crippen LogP) is 1.56. The monoisotopic (exact) mass is 171 g/mol. The molecule has 0 aromatic carbocycles. The summed E-state index contributed by atoms with van der Waals surface area (Å²) in [5, 5.41) is 8.66. The maximum atomic E-state index is 8.66. The second kappa shape index (κ2) is 3.36. The second-order valence-electron chi connectivity index (χ2n) is 3.00. The lowest BCUT2D eigenvalue weighted by molar-refractivity contribution is 0.819. The molecule has 2 rings (SSSR count). The van der Waals surface area contributed by atoms with Gasteiger partial charge in [0.1, 0.15) is 6.04 Å². The smallest absolute Gasteiger partial charge is 0.137 e. The lowest BCUT2D eigenvalue weighted by Crippen LogP contribution is -1.95. The van der Waals surface area contributed by atoms with E-state index in [0.29, 0.717) is 0 Å². The molecule has 0 aliphatic carbocycles. The van der Waals surface area contributed by atoms with Crippen LogP contribution in [0.2, 0.25) is 0 Å². The molecule has 0 N–H and O–H groups in total. The molecule has 0 saturated heterocycles. The van der Waals surface area contributed by atoms with E-state index in [9.17, 15) is 0 Å². The van der Waals surface area contributed by atoms with E-state index in [1.165, 1.54) is 0 Å². The molecule has 0 amide bonds. The highest BCUT2D eigenvalue weighted by molar-refractivity contribution is 6.01. The van der Waals surface area contributed by atoms with Crippen molar-refractivity contribution in [3.8, 4) is 6.07 Å². The molecule has 3 nitrogen and oxygen atoms in total. The first kappa shape index (κ1) is 7.93. The fourth-order valence-electron chi connectivity index (χ4n) is 1.44. The Hall–Kier alpha value is -1.69. The largest absolute Gasteiger partial charge is 0.271 e.